The molecule has 3 nitrogen and oxygen atoms in total. The number of carbonyl (C=O) groups is 1. The van der Waals surface area contributed by atoms with Crippen LogP contribution in [0.5, 0.6) is 0 Å². The maximum Gasteiger partial charge on any atom is 0.223 e. The number of hydrogen-bond donors (Lipinski definition) is 1. The van der Waals surface area contributed by atoms with Crippen LogP contribution in [0.4, 0.5) is 0 Å². The van der Waals surface area contributed by atoms with Crippen molar-refractivity contribution in [1.82, 2.24) is 4.90 Å². The lowest BCUT2D eigenvalue weighted by molar-refractivity contribution is -0.133. The van der Waals surface area contributed by atoms with Crippen LogP contribution >= 0.6 is 0 Å². The Hall–Kier alpha value is -1.35. The lowest BCUT2D eigenvalue weighted by Gasteiger charge is -2.33. The van der Waals surface area contributed by atoms with Gasteiger partial charge in [-0.2, -0.15) is 0 Å². The molecule has 1 aliphatic rings. The second kappa shape index (κ2) is 6.20. The zero-order valence-electron chi connectivity index (χ0n) is 11.9. The van der Waals surface area contributed by atoms with E-state index in [4.69, 9.17) is 5.73 Å². The van der Waals surface area contributed by atoms with Crippen molar-refractivity contribution >= 4 is 5.91 Å². The van der Waals surface area contributed by atoms with Crippen LogP contribution in [0.1, 0.15) is 50.3 Å². The highest BCUT2D eigenvalue weighted by molar-refractivity contribution is 5.77. The Morgan fingerprint density at radius 2 is 1.95 bits per heavy atom. The van der Waals surface area contributed by atoms with Crippen LogP contribution in [0, 0.1) is 0 Å². The third kappa shape index (κ3) is 2.98. The second-order valence-electron chi connectivity index (χ2n) is 5.28. The number of benzene rings is 1. The maximum absolute atomic E-state index is 12.2. The molecule has 1 aromatic rings. The smallest absolute Gasteiger partial charge is 0.223 e. The molecule has 104 valence electrons. The third-order valence-electron chi connectivity index (χ3n) is 4.06. The van der Waals surface area contributed by atoms with Crippen LogP contribution in [0.15, 0.2) is 24.3 Å². The Labute approximate surface area is 115 Å². The lowest BCUT2D eigenvalue weighted by Crippen LogP contribution is -2.42. The molecule has 0 radical (unpaired) electrons. The van der Waals surface area contributed by atoms with Gasteiger partial charge in [0.15, 0.2) is 0 Å². The van der Waals surface area contributed by atoms with Crippen molar-refractivity contribution in [3.05, 3.63) is 35.4 Å². The lowest BCUT2D eigenvalue weighted by atomic mass is 9.95. The molecule has 2 N–H and O–H groups in total. The first-order valence-electron chi connectivity index (χ1n) is 7.31. The summed E-state index contributed by atoms with van der Waals surface area (Å²) in [5.41, 5.74) is 8.80. The zero-order valence-corrected chi connectivity index (χ0v) is 11.9. The van der Waals surface area contributed by atoms with Crippen molar-refractivity contribution in [2.45, 2.75) is 51.6 Å². The van der Waals surface area contributed by atoms with E-state index in [1.807, 2.05) is 11.8 Å². The zero-order chi connectivity index (χ0) is 13.8. The summed E-state index contributed by atoms with van der Waals surface area (Å²) in [5.74, 6) is 0.236. The molecule has 1 heterocycles. The number of likely N-dealkylation sites (tertiary alicyclic amines) is 1. The highest BCUT2D eigenvalue weighted by Crippen LogP contribution is 2.30. The van der Waals surface area contributed by atoms with E-state index in [2.05, 4.69) is 31.2 Å². The molecule has 1 aliphatic heterocycles. The van der Waals surface area contributed by atoms with Gasteiger partial charge in [-0.05, 0) is 37.3 Å². The van der Waals surface area contributed by atoms with Crippen LogP contribution in [0.25, 0.3) is 0 Å². The van der Waals surface area contributed by atoms with Gasteiger partial charge in [-0.1, -0.05) is 31.2 Å². The molecular weight excluding hydrogens is 236 g/mol. The quantitative estimate of drug-likeness (QED) is 0.908. The normalized spacial score (nSPS) is 24.4. The average Bonchev–Trinajstić information content (AvgIpc) is 2.57. The number of hydrogen-bond acceptors (Lipinski definition) is 2. The summed E-state index contributed by atoms with van der Waals surface area (Å²) >= 11 is 0. The van der Waals surface area contributed by atoms with Crippen LogP contribution in [-0.2, 0) is 11.2 Å². The van der Waals surface area contributed by atoms with Crippen molar-refractivity contribution in [2.24, 2.45) is 5.73 Å². The molecular formula is C16H24N2O. The van der Waals surface area contributed by atoms with Crippen LogP contribution in [0.3, 0.4) is 0 Å². The first kappa shape index (κ1) is 14.1. The summed E-state index contributed by atoms with van der Waals surface area (Å²) in [4.78, 5) is 14.1. The summed E-state index contributed by atoms with van der Waals surface area (Å²) in [6, 6.07) is 8.62. The molecule has 1 amide bonds. The highest BCUT2D eigenvalue weighted by atomic mass is 16.2. The van der Waals surface area contributed by atoms with Crippen molar-refractivity contribution in [2.75, 3.05) is 6.54 Å². The molecule has 19 heavy (non-hydrogen) atoms. The Bertz CT molecular complexity index is 427. The van der Waals surface area contributed by atoms with E-state index in [-0.39, 0.29) is 18.0 Å². The summed E-state index contributed by atoms with van der Waals surface area (Å²) in [6.07, 6.45) is 3.49. The van der Waals surface area contributed by atoms with Crippen LogP contribution < -0.4 is 5.73 Å². The van der Waals surface area contributed by atoms with Gasteiger partial charge >= 0.3 is 0 Å². The standard InChI is InChI=1S/C16H24N2O/c1-3-12-8-10-13(11-9-12)16-14(17)6-5-7-15(19)18(16)4-2/h8-11,14,16H,3-7,17H2,1-2H3. The maximum atomic E-state index is 12.2. The molecule has 1 fully saturated rings. The number of aryl methyl sites for hydroxylation is 1. The average molecular weight is 260 g/mol. The van der Waals surface area contributed by atoms with E-state index in [1.54, 1.807) is 0 Å². The van der Waals surface area contributed by atoms with Crippen LogP contribution in [0.2, 0.25) is 0 Å². The van der Waals surface area contributed by atoms with Crippen molar-refractivity contribution in [1.29, 1.82) is 0 Å². The van der Waals surface area contributed by atoms with Crippen molar-refractivity contribution in [3.63, 3.8) is 0 Å². The molecule has 0 spiro atoms. The van der Waals surface area contributed by atoms with Gasteiger partial charge in [0.2, 0.25) is 5.91 Å². The Balaban J connectivity index is 2.32. The number of carbonyl (C=O) groups excluding carboxylic acids is 1. The number of nitrogens with zero attached hydrogens (tertiary/aromatic N) is 1. The molecule has 0 bridgehead atoms. The minimum Gasteiger partial charge on any atom is -0.334 e. The van der Waals surface area contributed by atoms with Crippen molar-refractivity contribution < 1.29 is 4.79 Å². The molecule has 0 aliphatic carbocycles. The highest BCUT2D eigenvalue weighted by Gasteiger charge is 2.31. The van der Waals surface area contributed by atoms with E-state index in [1.165, 1.54) is 11.1 Å². The minimum absolute atomic E-state index is 0.0332. The number of likely N-dealkylation sites (N-methyl/N-ethyl adjacent to an activating group) is 1. The molecule has 2 rings (SSSR count). The number of amides is 1. The fraction of sp³-hybridized carbons (Fsp3) is 0.562. The van der Waals surface area contributed by atoms with E-state index < -0.39 is 0 Å². The third-order valence-corrected chi connectivity index (χ3v) is 4.06. The molecule has 2 unspecified atom stereocenters. The van der Waals surface area contributed by atoms with Gasteiger partial charge in [0, 0.05) is 19.0 Å². The molecule has 1 aromatic carbocycles. The second-order valence-corrected chi connectivity index (χ2v) is 5.28. The topological polar surface area (TPSA) is 46.3 Å². The van der Waals surface area contributed by atoms with E-state index in [9.17, 15) is 4.79 Å². The van der Waals surface area contributed by atoms with Gasteiger partial charge in [0.1, 0.15) is 0 Å². The predicted octanol–water partition coefficient (Wildman–Crippen LogP) is 2.65. The van der Waals surface area contributed by atoms with Gasteiger partial charge in [-0.3, -0.25) is 4.79 Å². The Morgan fingerprint density at radius 3 is 2.53 bits per heavy atom. The first-order valence-corrected chi connectivity index (χ1v) is 7.31. The largest absolute Gasteiger partial charge is 0.334 e. The molecule has 1 saturated heterocycles. The summed E-state index contributed by atoms with van der Waals surface area (Å²) in [6.45, 7) is 4.91. The van der Waals surface area contributed by atoms with Gasteiger partial charge < -0.3 is 10.6 Å². The first-order chi connectivity index (χ1) is 9.17. The number of rotatable bonds is 3. The SMILES string of the molecule is CCc1ccc(C2C(N)CCCC(=O)N2CC)cc1. The van der Waals surface area contributed by atoms with E-state index >= 15 is 0 Å². The Kier molecular flexibility index (Phi) is 4.59. The summed E-state index contributed by atoms with van der Waals surface area (Å²) in [5, 5.41) is 0. The molecule has 0 saturated carbocycles. The minimum atomic E-state index is 0.0332. The van der Waals surface area contributed by atoms with E-state index in [0.717, 1.165) is 25.8 Å². The molecule has 2 atom stereocenters. The number of nitrogens with two attached hydrogens (primary N) is 1. The van der Waals surface area contributed by atoms with Gasteiger partial charge in [0.25, 0.3) is 0 Å². The fourth-order valence-corrected chi connectivity index (χ4v) is 2.93. The van der Waals surface area contributed by atoms with Gasteiger partial charge in [-0.25, -0.2) is 0 Å². The monoisotopic (exact) mass is 260 g/mol. The summed E-state index contributed by atoms with van der Waals surface area (Å²) < 4.78 is 0. The van der Waals surface area contributed by atoms with Crippen LogP contribution in [-0.4, -0.2) is 23.4 Å². The molecule has 0 aromatic heterocycles. The van der Waals surface area contributed by atoms with Gasteiger partial charge in [0.05, 0.1) is 6.04 Å². The Morgan fingerprint density at radius 1 is 1.26 bits per heavy atom. The summed E-state index contributed by atoms with van der Waals surface area (Å²) in [7, 11) is 0. The molecule has 3 heteroatoms. The predicted molar refractivity (Wildman–Crippen MR) is 77.8 cm³/mol. The van der Waals surface area contributed by atoms with E-state index in [0.29, 0.717) is 6.42 Å². The fourth-order valence-electron chi connectivity index (χ4n) is 2.93. The van der Waals surface area contributed by atoms with Gasteiger partial charge in [-0.15, -0.1) is 0 Å². The van der Waals surface area contributed by atoms with Crippen molar-refractivity contribution in [3.8, 4) is 0 Å².